The van der Waals surface area contributed by atoms with Crippen LogP contribution in [0.3, 0.4) is 0 Å². The lowest BCUT2D eigenvalue weighted by Crippen LogP contribution is -2.14. The van der Waals surface area contributed by atoms with Gasteiger partial charge in [0.15, 0.2) is 11.0 Å². The molecule has 150 valence electrons. The molecule has 0 saturated carbocycles. The number of carbonyl (C=O) groups is 1. The van der Waals surface area contributed by atoms with Crippen molar-refractivity contribution in [2.75, 3.05) is 11.1 Å². The number of hydrogen-bond donors (Lipinski definition) is 1. The lowest BCUT2D eigenvalue weighted by Gasteiger charge is -2.10. The number of carbonyl (C=O) groups excluding carboxylic acids is 1. The summed E-state index contributed by atoms with van der Waals surface area (Å²) in [5.74, 6) is 0.887. The van der Waals surface area contributed by atoms with Crippen molar-refractivity contribution in [1.82, 2.24) is 19.7 Å². The zero-order chi connectivity index (χ0) is 20.8. The van der Waals surface area contributed by atoms with Crippen molar-refractivity contribution < 1.29 is 4.79 Å². The Labute approximate surface area is 186 Å². The Morgan fingerprint density at radius 3 is 2.43 bits per heavy atom. The second-order valence-corrected chi connectivity index (χ2v) is 8.32. The minimum Gasteiger partial charge on any atom is -0.325 e. The normalized spacial score (nSPS) is 10.7. The number of nitrogens with zero attached hydrogens (tertiary/aromatic N) is 4. The minimum absolute atomic E-state index is 0.0953. The molecule has 0 spiro atoms. The molecule has 0 aliphatic carbocycles. The number of anilines is 1. The number of nitrogens with one attached hydrogen (secondary N) is 1. The molecule has 0 fully saturated rings. The zero-order valence-electron chi connectivity index (χ0n) is 15.9. The maximum Gasteiger partial charge on any atom is 0.234 e. The monoisotopic (exact) mass is 479 g/mol. The van der Waals surface area contributed by atoms with E-state index < -0.39 is 0 Å². The second kappa shape index (κ2) is 9.69. The van der Waals surface area contributed by atoms with E-state index in [1.54, 1.807) is 12.4 Å². The van der Waals surface area contributed by atoms with Crippen molar-refractivity contribution in [3.8, 4) is 11.4 Å². The van der Waals surface area contributed by atoms with Crippen LogP contribution >= 0.6 is 27.7 Å². The van der Waals surface area contributed by atoms with Gasteiger partial charge in [0.2, 0.25) is 5.91 Å². The van der Waals surface area contributed by atoms with Gasteiger partial charge in [-0.1, -0.05) is 58.0 Å². The molecule has 4 aromatic rings. The summed E-state index contributed by atoms with van der Waals surface area (Å²) in [5, 5.41) is 12.3. The highest BCUT2D eigenvalue weighted by Gasteiger charge is 2.16. The van der Waals surface area contributed by atoms with E-state index in [0.717, 1.165) is 27.1 Å². The van der Waals surface area contributed by atoms with Gasteiger partial charge in [-0.25, -0.2) is 0 Å². The molecule has 1 N–H and O–H groups in total. The number of thioether (sulfide) groups is 1. The predicted octanol–water partition coefficient (Wildman–Crippen LogP) is 4.88. The molecule has 0 bridgehead atoms. The molecule has 2 heterocycles. The molecular formula is C22H18BrN5OS. The first-order chi connectivity index (χ1) is 14.7. The van der Waals surface area contributed by atoms with Gasteiger partial charge in [-0.3, -0.25) is 14.3 Å². The van der Waals surface area contributed by atoms with Crippen molar-refractivity contribution >= 4 is 39.3 Å². The Kier molecular flexibility index (Phi) is 6.56. The fourth-order valence-electron chi connectivity index (χ4n) is 2.88. The van der Waals surface area contributed by atoms with Crippen LogP contribution in [-0.2, 0) is 11.3 Å². The van der Waals surface area contributed by atoms with Gasteiger partial charge in [0.25, 0.3) is 0 Å². The molecule has 0 aliphatic heterocycles. The van der Waals surface area contributed by atoms with E-state index in [1.165, 1.54) is 11.8 Å². The molecule has 1 amide bonds. The maximum absolute atomic E-state index is 12.4. The van der Waals surface area contributed by atoms with Crippen molar-refractivity contribution in [2.24, 2.45) is 0 Å². The summed E-state index contributed by atoms with van der Waals surface area (Å²) in [6, 6.07) is 21.4. The second-order valence-electron chi connectivity index (χ2n) is 6.46. The fourth-order valence-corrected chi connectivity index (χ4v) is 3.88. The largest absolute Gasteiger partial charge is 0.325 e. The van der Waals surface area contributed by atoms with Crippen LogP contribution in [0.5, 0.6) is 0 Å². The SMILES string of the molecule is O=C(CSc1nnc(-c2ccncc2)n1Cc1ccccc1)Nc1ccc(Br)cc1. The van der Waals surface area contributed by atoms with Crippen LogP contribution in [0.4, 0.5) is 5.69 Å². The van der Waals surface area contributed by atoms with Crippen molar-refractivity contribution in [3.63, 3.8) is 0 Å². The Hall–Kier alpha value is -2.97. The van der Waals surface area contributed by atoms with E-state index in [1.807, 2.05) is 59.2 Å². The van der Waals surface area contributed by atoms with Crippen molar-refractivity contribution in [3.05, 3.63) is 89.2 Å². The summed E-state index contributed by atoms with van der Waals surface area (Å²) in [6.45, 7) is 0.613. The number of pyridine rings is 1. The van der Waals surface area contributed by atoms with Crippen molar-refractivity contribution in [1.29, 1.82) is 0 Å². The standard InChI is InChI=1S/C22H18BrN5OS/c23-18-6-8-19(9-7-18)25-20(29)15-30-22-27-26-21(17-10-12-24-13-11-17)28(22)14-16-4-2-1-3-5-16/h1-13H,14-15H2,(H,25,29). The van der Waals surface area contributed by atoms with E-state index >= 15 is 0 Å². The summed E-state index contributed by atoms with van der Waals surface area (Å²) < 4.78 is 3.00. The number of benzene rings is 2. The van der Waals surface area contributed by atoms with Crippen LogP contribution in [0.25, 0.3) is 11.4 Å². The molecule has 0 saturated heterocycles. The summed E-state index contributed by atoms with van der Waals surface area (Å²) in [7, 11) is 0. The quantitative estimate of drug-likeness (QED) is 0.382. The van der Waals surface area contributed by atoms with Crippen LogP contribution in [0.2, 0.25) is 0 Å². The number of rotatable bonds is 7. The molecule has 30 heavy (non-hydrogen) atoms. The zero-order valence-corrected chi connectivity index (χ0v) is 18.3. The summed E-state index contributed by atoms with van der Waals surface area (Å²) >= 11 is 4.76. The van der Waals surface area contributed by atoms with Gasteiger partial charge in [-0.15, -0.1) is 10.2 Å². The number of hydrogen-bond acceptors (Lipinski definition) is 5. The van der Waals surface area contributed by atoms with Crippen molar-refractivity contribution in [2.45, 2.75) is 11.7 Å². The average molecular weight is 480 g/mol. The Bertz CT molecular complexity index is 1120. The highest BCUT2D eigenvalue weighted by atomic mass is 79.9. The smallest absolute Gasteiger partial charge is 0.234 e. The molecule has 6 nitrogen and oxygen atoms in total. The number of aromatic nitrogens is 4. The van der Waals surface area contributed by atoms with Crippen LogP contribution in [-0.4, -0.2) is 31.4 Å². The van der Waals surface area contributed by atoms with Crippen LogP contribution < -0.4 is 5.32 Å². The molecule has 2 aromatic heterocycles. The van der Waals surface area contributed by atoms with E-state index in [2.05, 4.69) is 48.6 Å². The maximum atomic E-state index is 12.4. The lowest BCUT2D eigenvalue weighted by molar-refractivity contribution is -0.113. The molecular weight excluding hydrogens is 462 g/mol. The van der Waals surface area contributed by atoms with E-state index in [0.29, 0.717) is 11.7 Å². The van der Waals surface area contributed by atoms with E-state index in [9.17, 15) is 4.79 Å². The molecule has 0 atom stereocenters. The molecule has 0 aliphatic rings. The molecule has 8 heteroatoms. The Morgan fingerprint density at radius 2 is 1.70 bits per heavy atom. The van der Waals surface area contributed by atoms with Gasteiger partial charge in [0.1, 0.15) is 0 Å². The first-order valence-corrected chi connectivity index (χ1v) is 11.0. The number of amides is 1. The fraction of sp³-hybridized carbons (Fsp3) is 0.0909. The van der Waals surface area contributed by atoms with Crippen LogP contribution in [0.15, 0.2) is 88.8 Å². The molecule has 0 unspecified atom stereocenters. The number of halogens is 1. The average Bonchev–Trinajstić information content (AvgIpc) is 3.17. The third-order valence-corrected chi connectivity index (χ3v) is 5.79. The Morgan fingerprint density at radius 1 is 0.967 bits per heavy atom. The van der Waals surface area contributed by atoms with E-state index in [-0.39, 0.29) is 11.7 Å². The predicted molar refractivity (Wildman–Crippen MR) is 122 cm³/mol. The summed E-state index contributed by atoms with van der Waals surface area (Å²) in [4.78, 5) is 16.5. The lowest BCUT2D eigenvalue weighted by atomic mass is 10.2. The Balaban J connectivity index is 1.52. The molecule has 2 aromatic carbocycles. The van der Waals surface area contributed by atoms with Gasteiger partial charge < -0.3 is 5.32 Å². The van der Waals surface area contributed by atoms with E-state index in [4.69, 9.17) is 0 Å². The molecule has 4 rings (SSSR count). The highest BCUT2D eigenvalue weighted by Crippen LogP contribution is 2.25. The third kappa shape index (κ3) is 5.14. The van der Waals surface area contributed by atoms with Gasteiger partial charge in [-0.05, 0) is 42.0 Å². The van der Waals surface area contributed by atoms with Gasteiger partial charge in [0, 0.05) is 28.1 Å². The summed E-state index contributed by atoms with van der Waals surface area (Å²) in [6.07, 6.45) is 3.46. The van der Waals surface area contributed by atoms with Crippen LogP contribution in [0, 0.1) is 0 Å². The van der Waals surface area contributed by atoms with Crippen LogP contribution in [0.1, 0.15) is 5.56 Å². The first-order valence-electron chi connectivity index (χ1n) is 9.25. The minimum atomic E-state index is -0.0953. The topological polar surface area (TPSA) is 72.7 Å². The van der Waals surface area contributed by atoms with Gasteiger partial charge in [-0.2, -0.15) is 0 Å². The van der Waals surface area contributed by atoms with Gasteiger partial charge in [0.05, 0.1) is 12.3 Å². The highest BCUT2D eigenvalue weighted by molar-refractivity contribution is 9.10. The summed E-state index contributed by atoms with van der Waals surface area (Å²) in [5.41, 5.74) is 2.82. The molecule has 0 radical (unpaired) electrons. The van der Waals surface area contributed by atoms with Gasteiger partial charge >= 0.3 is 0 Å². The third-order valence-electron chi connectivity index (χ3n) is 4.30. The first kappa shape index (κ1) is 20.3.